The minimum Gasteiger partial charge on any atom is -0.481 e. The summed E-state index contributed by atoms with van der Waals surface area (Å²) in [5.41, 5.74) is 3.17. The van der Waals surface area contributed by atoms with Gasteiger partial charge < -0.3 is 10.0 Å². The van der Waals surface area contributed by atoms with Gasteiger partial charge in [0, 0.05) is 13.1 Å². The molecule has 0 aromatic heterocycles. The first-order valence-corrected chi connectivity index (χ1v) is 9.10. The van der Waals surface area contributed by atoms with E-state index in [1.54, 1.807) is 12.1 Å². The number of piperidine rings is 1. The summed E-state index contributed by atoms with van der Waals surface area (Å²) in [6, 6.07) is 16.6. The van der Waals surface area contributed by atoms with Crippen molar-refractivity contribution in [3.8, 4) is 0 Å². The molecule has 1 heterocycles. The number of carboxylic acids is 1. The Labute approximate surface area is 153 Å². The number of nitrogens with zero attached hydrogens (tertiary/aromatic N) is 1. The van der Waals surface area contributed by atoms with E-state index in [4.69, 9.17) is 0 Å². The Kier molecular flexibility index (Phi) is 6.18. The van der Waals surface area contributed by atoms with Gasteiger partial charge in [0.15, 0.2) is 0 Å². The Morgan fingerprint density at radius 1 is 1.12 bits per heavy atom. The Morgan fingerprint density at radius 3 is 2.50 bits per heavy atom. The lowest BCUT2D eigenvalue weighted by Crippen LogP contribution is -2.39. The topological polar surface area (TPSA) is 40.5 Å². The zero-order valence-corrected chi connectivity index (χ0v) is 14.8. The van der Waals surface area contributed by atoms with E-state index in [1.807, 2.05) is 18.2 Å². The van der Waals surface area contributed by atoms with Crippen molar-refractivity contribution in [3.63, 3.8) is 0 Å². The van der Waals surface area contributed by atoms with E-state index >= 15 is 0 Å². The van der Waals surface area contributed by atoms with E-state index in [2.05, 4.69) is 23.1 Å². The summed E-state index contributed by atoms with van der Waals surface area (Å²) in [7, 11) is 0. The molecule has 0 amide bonds. The summed E-state index contributed by atoms with van der Waals surface area (Å²) in [5, 5.41) is 9.22. The van der Waals surface area contributed by atoms with Crippen LogP contribution in [0, 0.1) is 11.7 Å². The number of rotatable bonds is 6. The van der Waals surface area contributed by atoms with Crippen molar-refractivity contribution in [2.75, 3.05) is 19.6 Å². The van der Waals surface area contributed by atoms with E-state index in [-0.39, 0.29) is 11.7 Å². The zero-order chi connectivity index (χ0) is 18.4. The van der Waals surface area contributed by atoms with Crippen LogP contribution in [0.2, 0.25) is 0 Å². The molecule has 1 unspecified atom stereocenters. The summed E-state index contributed by atoms with van der Waals surface area (Å²) in [5.74, 6) is -1.19. The molecule has 136 valence electrons. The molecule has 1 atom stereocenters. The predicted octanol–water partition coefficient (Wildman–Crippen LogP) is 4.44. The zero-order valence-electron chi connectivity index (χ0n) is 14.8. The molecule has 0 radical (unpaired) electrons. The standard InChI is InChI=1S/C22H24FNO2/c23-20-12-10-18(11-13-20)21(17-6-2-1-3-7-17)9-5-15-24-14-4-8-19(16-24)22(25)26/h1-3,6-7,9-13,19H,4-5,8,14-16H2,(H,25,26)/b21-9+. The second kappa shape index (κ2) is 8.77. The van der Waals surface area contributed by atoms with Crippen molar-refractivity contribution in [2.24, 2.45) is 5.92 Å². The maximum absolute atomic E-state index is 13.3. The van der Waals surface area contributed by atoms with E-state index in [1.165, 1.54) is 12.1 Å². The van der Waals surface area contributed by atoms with Gasteiger partial charge in [-0.3, -0.25) is 4.79 Å². The maximum Gasteiger partial charge on any atom is 0.307 e. The van der Waals surface area contributed by atoms with Crippen LogP contribution in [0.1, 0.15) is 30.4 Å². The fourth-order valence-corrected chi connectivity index (χ4v) is 3.50. The average molecular weight is 353 g/mol. The first kappa shape index (κ1) is 18.3. The normalized spacial score (nSPS) is 18.7. The van der Waals surface area contributed by atoms with Gasteiger partial charge >= 0.3 is 5.97 Å². The van der Waals surface area contributed by atoms with Crippen molar-refractivity contribution in [2.45, 2.75) is 19.3 Å². The van der Waals surface area contributed by atoms with Gasteiger partial charge in [0.25, 0.3) is 0 Å². The molecule has 0 saturated carbocycles. The molecule has 0 aliphatic carbocycles. The van der Waals surface area contributed by atoms with E-state index in [0.29, 0.717) is 6.54 Å². The maximum atomic E-state index is 13.3. The fraction of sp³-hybridized carbons (Fsp3) is 0.318. The molecule has 1 aliphatic heterocycles. The molecule has 0 bridgehead atoms. The van der Waals surface area contributed by atoms with Gasteiger partial charge in [0.05, 0.1) is 5.92 Å². The second-order valence-corrected chi connectivity index (χ2v) is 6.76. The highest BCUT2D eigenvalue weighted by atomic mass is 19.1. The van der Waals surface area contributed by atoms with Gasteiger partial charge in [-0.15, -0.1) is 0 Å². The average Bonchev–Trinajstić information content (AvgIpc) is 2.67. The molecule has 2 aromatic carbocycles. The summed E-state index contributed by atoms with van der Waals surface area (Å²) in [6.45, 7) is 2.41. The van der Waals surface area contributed by atoms with Crippen LogP contribution in [0.4, 0.5) is 4.39 Å². The lowest BCUT2D eigenvalue weighted by atomic mass is 9.96. The third-order valence-corrected chi connectivity index (χ3v) is 4.89. The lowest BCUT2D eigenvalue weighted by Gasteiger charge is -2.30. The van der Waals surface area contributed by atoms with Crippen molar-refractivity contribution in [3.05, 3.63) is 77.6 Å². The number of halogens is 1. The number of carbonyl (C=O) groups is 1. The van der Waals surface area contributed by atoms with E-state index < -0.39 is 5.97 Å². The van der Waals surface area contributed by atoms with E-state index in [0.717, 1.165) is 49.1 Å². The fourth-order valence-electron chi connectivity index (χ4n) is 3.50. The Balaban J connectivity index is 1.73. The summed E-state index contributed by atoms with van der Waals surface area (Å²) in [6.07, 6.45) is 4.71. The van der Waals surface area contributed by atoms with Gasteiger partial charge in [0.1, 0.15) is 5.82 Å². The molecule has 4 heteroatoms. The summed E-state index contributed by atoms with van der Waals surface area (Å²) in [4.78, 5) is 13.4. The molecule has 2 aromatic rings. The number of hydrogen-bond donors (Lipinski definition) is 1. The number of aliphatic carboxylic acids is 1. The number of carboxylic acid groups (broad SMARTS) is 1. The second-order valence-electron chi connectivity index (χ2n) is 6.76. The number of benzene rings is 2. The van der Waals surface area contributed by atoms with Crippen molar-refractivity contribution < 1.29 is 14.3 Å². The minimum atomic E-state index is -0.693. The monoisotopic (exact) mass is 353 g/mol. The first-order valence-electron chi connectivity index (χ1n) is 9.10. The largest absolute Gasteiger partial charge is 0.481 e. The number of likely N-dealkylation sites (tertiary alicyclic amines) is 1. The Bertz CT molecular complexity index is 755. The molecule has 1 aliphatic rings. The molecule has 1 saturated heterocycles. The van der Waals surface area contributed by atoms with E-state index in [9.17, 15) is 14.3 Å². The molecule has 26 heavy (non-hydrogen) atoms. The van der Waals surface area contributed by atoms with Gasteiger partial charge in [-0.1, -0.05) is 48.5 Å². The van der Waals surface area contributed by atoms with Gasteiger partial charge in [-0.2, -0.15) is 0 Å². The van der Waals surface area contributed by atoms with Crippen molar-refractivity contribution >= 4 is 11.5 Å². The van der Waals surface area contributed by atoms with Crippen LogP contribution in [0.5, 0.6) is 0 Å². The van der Waals surface area contributed by atoms with Crippen LogP contribution in [0.15, 0.2) is 60.7 Å². The molecule has 0 spiro atoms. The lowest BCUT2D eigenvalue weighted by molar-refractivity contribution is -0.143. The highest BCUT2D eigenvalue weighted by Gasteiger charge is 2.24. The summed E-state index contributed by atoms with van der Waals surface area (Å²) < 4.78 is 13.3. The predicted molar refractivity (Wildman–Crippen MR) is 101 cm³/mol. The minimum absolute atomic E-state index is 0.241. The molecule has 3 nitrogen and oxygen atoms in total. The van der Waals surface area contributed by atoms with Crippen LogP contribution in [-0.4, -0.2) is 35.6 Å². The third-order valence-electron chi connectivity index (χ3n) is 4.89. The van der Waals surface area contributed by atoms with Crippen LogP contribution in [-0.2, 0) is 4.79 Å². The molecular formula is C22H24FNO2. The van der Waals surface area contributed by atoms with Crippen LogP contribution >= 0.6 is 0 Å². The Morgan fingerprint density at radius 2 is 1.81 bits per heavy atom. The van der Waals surface area contributed by atoms with Gasteiger partial charge in [0.2, 0.25) is 0 Å². The van der Waals surface area contributed by atoms with Gasteiger partial charge in [-0.05, 0) is 54.6 Å². The molecule has 1 fully saturated rings. The quantitative estimate of drug-likeness (QED) is 0.834. The van der Waals surface area contributed by atoms with Crippen molar-refractivity contribution in [1.29, 1.82) is 0 Å². The van der Waals surface area contributed by atoms with Crippen LogP contribution in [0.3, 0.4) is 0 Å². The molecular weight excluding hydrogens is 329 g/mol. The SMILES string of the molecule is O=C(O)C1CCCN(CC/C=C(\c2ccccc2)c2ccc(F)cc2)C1. The van der Waals surface area contributed by atoms with Gasteiger partial charge in [-0.25, -0.2) is 4.39 Å². The van der Waals surface area contributed by atoms with Crippen molar-refractivity contribution in [1.82, 2.24) is 4.90 Å². The Hall–Kier alpha value is -2.46. The molecule has 1 N–H and O–H groups in total. The molecule has 3 rings (SSSR count). The first-order chi connectivity index (χ1) is 12.6. The summed E-state index contributed by atoms with van der Waals surface area (Å²) >= 11 is 0. The van der Waals surface area contributed by atoms with Crippen LogP contribution < -0.4 is 0 Å². The third kappa shape index (κ3) is 4.79. The number of hydrogen-bond acceptors (Lipinski definition) is 2. The van der Waals surface area contributed by atoms with Crippen LogP contribution in [0.25, 0.3) is 5.57 Å². The highest BCUT2D eigenvalue weighted by Crippen LogP contribution is 2.25. The highest BCUT2D eigenvalue weighted by molar-refractivity contribution is 5.79. The smallest absolute Gasteiger partial charge is 0.307 e.